The molecule has 18 nitrogen and oxygen atoms in total. The van der Waals surface area contributed by atoms with Crippen LogP contribution in [0.25, 0.3) is 22.5 Å². The van der Waals surface area contributed by atoms with Gasteiger partial charge in [-0.1, -0.05) is 74.2 Å². The molecule has 5 aromatic carbocycles. The highest BCUT2D eigenvalue weighted by molar-refractivity contribution is 7.93. The standard InChI is InChI=1S/C50H62N8O10S2Si/c1-50(2,3)68-49(60)52-28-27-44(59)53-42-12-10-11-41(46(42)51)40-25-26-43(69(61,62)29-30-71(7,8)9)47(45(40)48-54-56-58(55-48)33-36-17-23-39(67-6)24-18-36)70(63,64)57(31-34-13-19-37(65-4)20-14-34)32-35-15-21-38(66-5)22-16-35/h10-26H,27-33,51H2,1-9H3,(H,52,60)(H,53,59). The van der Waals surface area contributed by atoms with Crippen LogP contribution in [0, 0.1) is 0 Å². The summed E-state index contributed by atoms with van der Waals surface area (Å²) in [7, 11) is -6.69. The molecule has 0 spiro atoms. The normalized spacial score (nSPS) is 12.1. The average Bonchev–Trinajstić information content (AvgIpc) is 3.78. The Morgan fingerprint density at radius 1 is 0.746 bits per heavy atom. The molecule has 71 heavy (non-hydrogen) atoms. The van der Waals surface area contributed by atoms with E-state index in [2.05, 4.69) is 20.9 Å². The molecule has 0 saturated carbocycles. The van der Waals surface area contributed by atoms with Crippen LogP contribution in [0.15, 0.2) is 113 Å². The fourth-order valence-corrected chi connectivity index (χ4v) is 14.1. The Kier molecular flexibility index (Phi) is 17.0. The Balaban J connectivity index is 1.58. The number of sulfone groups is 1. The van der Waals surface area contributed by atoms with Gasteiger partial charge in [0.05, 0.1) is 55.5 Å². The lowest BCUT2D eigenvalue weighted by Gasteiger charge is -2.27. The van der Waals surface area contributed by atoms with Crippen LogP contribution >= 0.6 is 0 Å². The Hall–Kier alpha value is -6.81. The highest BCUT2D eigenvalue weighted by Crippen LogP contribution is 2.44. The molecule has 1 heterocycles. The van der Waals surface area contributed by atoms with E-state index in [4.69, 9.17) is 29.8 Å². The van der Waals surface area contributed by atoms with Gasteiger partial charge in [0, 0.05) is 39.7 Å². The maximum atomic E-state index is 16.1. The first-order valence-electron chi connectivity index (χ1n) is 22.7. The van der Waals surface area contributed by atoms with E-state index in [-0.39, 0.29) is 72.2 Å². The lowest BCUT2D eigenvalue weighted by atomic mass is 9.97. The number of benzene rings is 5. The number of methoxy groups -OCH3 is 3. The molecule has 0 radical (unpaired) electrons. The number of ether oxygens (including phenoxy) is 4. The zero-order valence-corrected chi connectivity index (χ0v) is 44.1. The van der Waals surface area contributed by atoms with Crippen LogP contribution in [-0.2, 0) is 49.0 Å². The molecule has 378 valence electrons. The van der Waals surface area contributed by atoms with Crippen LogP contribution in [0.5, 0.6) is 17.2 Å². The molecular formula is C50H62N8O10S2Si. The lowest BCUT2D eigenvalue weighted by molar-refractivity contribution is -0.116. The summed E-state index contributed by atoms with van der Waals surface area (Å²) in [5.41, 5.74) is 8.51. The van der Waals surface area contributed by atoms with Crippen molar-refractivity contribution in [2.45, 2.75) is 87.9 Å². The van der Waals surface area contributed by atoms with Gasteiger partial charge in [-0.2, -0.15) is 9.10 Å². The monoisotopic (exact) mass is 1030 g/mol. The molecular weight excluding hydrogens is 965 g/mol. The van der Waals surface area contributed by atoms with Gasteiger partial charge in [0.1, 0.15) is 27.7 Å². The van der Waals surface area contributed by atoms with E-state index in [9.17, 15) is 18.0 Å². The highest BCUT2D eigenvalue weighted by Gasteiger charge is 2.38. The first-order valence-corrected chi connectivity index (χ1v) is 29.5. The molecule has 6 rings (SSSR count). The number of tetrazole rings is 1. The molecule has 2 amide bonds. The number of alkyl carbamates (subject to hydrolysis) is 1. The maximum Gasteiger partial charge on any atom is 0.407 e. The largest absolute Gasteiger partial charge is 0.497 e. The topological polar surface area (TPSA) is 236 Å². The third-order valence-corrected chi connectivity index (χ3v) is 16.9. The Bertz CT molecular complexity index is 3000. The van der Waals surface area contributed by atoms with Crippen LogP contribution < -0.4 is 30.6 Å². The van der Waals surface area contributed by atoms with Gasteiger partial charge in [0.15, 0.2) is 9.84 Å². The number of nitrogens with two attached hydrogens (primary N) is 1. The molecule has 0 aliphatic heterocycles. The molecule has 0 bridgehead atoms. The molecule has 0 atom stereocenters. The Morgan fingerprint density at radius 3 is 1.82 bits per heavy atom. The summed E-state index contributed by atoms with van der Waals surface area (Å²) in [4.78, 5) is 25.8. The van der Waals surface area contributed by atoms with Crippen molar-refractivity contribution in [1.82, 2.24) is 29.8 Å². The predicted molar refractivity (Wildman–Crippen MR) is 275 cm³/mol. The molecule has 0 aliphatic rings. The minimum atomic E-state index is -4.92. The quantitative estimate of drug-likeness (QED) is 0.0458. The van der Waals surface area contributed by atoms with E-state index in [1.165, 1.54) is 35.5 Å². The summed E-state index contributed by atoms with van der Waals surface area (Å²) < 4.78 is 84.7. The zero-order valence-electron chi connectivity index (χ0n) is 41.5. The molecule has 0 unspecified atom stereocenters. The number of amides is 2. The van der Waals surface area contributed by atoms with Crippen LogP contribution in [0.1, 0.15) is 43.9 Å². The summed E-state index contributed by atoms with van der Waals surface area (Å²) in [6, 6.07) is 28.9. The first-order chi connectivity index (χ1) is 33.5. The molecule has 21 heteroatoms. The number of anilines is 2. The fourth-order valence-electron chi connectivity index (χ4n) is 7.30. The first kappa shape index (κ1) is 53.5. The fraction of sp³-hybridized carbons (Fsp3) is 0.340. The SMILES string of the molecule is COc1ccc(CN(Cc2ccc(OC)cc2)S(=O)(=O)c2c(S(=O)(=O)CC[Si](C)(C)C)ccc(-c3cccc(NC(=O)CCNC(=O)OC(C)(C)C)c3N)c2-c2nnn(Cc3ccc(OC)cc3)n2)cc1. The Labute approximate surface area is 416 Å². The second kappa shape index (κ2) is 22.5. The molecule has 0 aliphatic carbocycles. The second-order valence-electron chi connectivity index (χ2n) is 18.9. The van der Waals surface area contributed by atoms with Crippen molar-refractivity contribution in [3.8, 4) is 39.8 Å². The number of nitrogens with one attached hydrogen (secondary N) is 2. The van der Waals surface area contributed by atoms with Crippen molar-refractivity contribution < 1.29 is 45.4 Å². The number of nitrogen functional groups attached to an aromatic ring is 1. The summed E-state index contributed by atoms with van der Waals surface area (Å²) in [6.45, 7) is 11.0. The van der Waals surface area contributed by atoms with Gasteiger partial charge in [-0.15, -0.1) is 10.2 Å². The van der Waals surface area contributed by atoms with Crippen molar-refractivity contribution >= 4 is 51.3 Å². The number of hydrogen-bond acceptors (Lipinski definition) is 14. The molecule has 0 fully saturated rings. The maximum absolute atomic E-state index is 16.1. The van der Waals surface area contributed by atoms with Crippen molar-refractivity contribution in [3.63, 3.8) is 0 Å². The minimum Gasteiger partial charge on any atom is -0.497 e. The number of sulfonamides is 1. The van der Waals surface area contributed by atoms with E-state index in [1.54, 1.807) is 107 Å². The lowest BCUT2D eigenvalue weighted by Crippen LogP contribution is -2.34. The van der Waals surface area contributed by atoms with E-state index < -0.39 is 55.3 Å². The van der Waals surface area contributed by atoms with Gasteiger partial charge >= 0.3 is 6.09 Å². The highest BCUT2D eigenvalue weighted by atomic mass is 32.2. The molecule has 0 saturated heterocycles. The third-order valence-electron chi connectivity index (χ3n) is 11.1. The minimum absolute atomic E-state index is 0.0267. The molecule has 1 aromatic heterocycles. The second-order valence-corrected chi connectivity index (χ2v) is 28.5. The van der Waals surface area contributed by atoms with Crippen LogP contribution in [0.3, 0.4) is 0 Å². The van der Waals surface area contributed by atoms with Crippen molar-refractivity contribution in [2.24, 2.45) is 0 Å². The summed E-state index contributed by atoms with van der Waals surface area (Å²) in [6.07, 6.45) is -0.822. The van der Waals surface area contributed by atoms with Crippen LogP contribution in [-0.4, -0.2) is 101 Å². The van der Waals surface area contributed by atoms with Crippen molar-refractivity contribution in [2.75, 3.05) is 44.7 Å². The van der Waals surface area contributed by atoms with Gasteiger partial charge in [0.2, 0.25) is 21.8 Å². The average molecular weight is 1030 g/mol. The van der Waals surface area contributed by atoms with E-state index in [0.29, 0.717) is 34.4 Å². The van der Waals surface area contributed by atoms with Gasteiger partial charge in [-0.25, -0.2) is 21.6 Å². The van der Waals surface area contributed by atoms with Gasteiger partial charge in [-0.3, -0.25) is 4.79 Å². The molecule has 4 N–H and O–H groups in total. The molecule has 6 aromatic rings. The zero-order chi connectivity index (χ0) is 51.7. The number of nitrogens with zero attached hydrogens (tertiary/aromatic N) is 5. The Morgan fingerprint density at radius 2 is 1.30 bits per heavy atom. The summed E-state index contributed by atoms with van der Waals surface area (Å²) >= 11 is 0. The van der Waals surface area contributed by atoms with Crippen LogP contribution in [0.2, 0.25) is 25.7 Å². The number of rotatable bonds is 21. The van der Waals surface area contributed by atoms with Crippen molar-refractivity contribution in [3.05, 3.63) is 120 Å². The van der Waals surface area contributed by atoms with Crippen molar-refractivity contribution in [1.29, 1.82) is 0 Å². The smallest absolute Gasteiger partial charge is 0.407 e. The van der Waals surface area contributed by atoms with Gasteiger partial charge in [-0.05, 0) is 103 Å². The number of carbonyl (C=O) groups excluding carboxylic acids is 2. The van der Waals surface area contributed by atoms with E-state index in [0.717, 1.165) is 5.56 Å². The number of aromatic nitrogens is 4. The van der Waals surface area contributed by atoms with E-state index in [1.807, 2.05) is 31.8 Å². The number of hydrogen-bond donors (Lipinski definition) is 3. The predicted octanol–water partition coefficient (Wildman–Crippen LogP) is 8.02. The number of carbonyl (C=O) groups is 2. The van der Waals surface area contributed by atoms with Gasteiger partial charge in [0.25, 0.3) is 0 Å². The third kappa shape index (κ3) is 14.2. The van der Waals surface area contributed by atoms with Crippen LogP contribution in [0.4, 0.5) is 16.2 Å². The summed E-state index contributed by atoms with van der Waals surface area (Å²) in [5.74, 6) is 0.723. The number of para-hydroxylation sites is 1. The summed E-state index contributed by atoms with van der Waals surface area (Å²) in [5, 5.41) is 18.9. The van der Waals surface area contributed by atoms with E-state index >= 15 is 8.42 Å². The van der Waals surface area contributed by atoms with Gasteiger partial charge < -0.3 is 35.3 Å².